The predicted molar refractivity (Wildman–Crippen MR) is 171 cm³/mol. The van der Waals surface area contributed by atoms with E-state index in [4.69, 9.17) is 25.8 Å². The van der Waals surface area contributed by atoms with Crippen molar-refractivity contribution in [2.75, 3.05) is 0 Å². The van der Waals surface area contributed by atoms with Crippen molar-refractivity contribution >= 4 is 23.2 Å². The molecule has 0 aliphatic carbocycles. The SMILES string of the molecule is O=C(c1ccc(F)cc1)c1ccc(Oc2ccc(Oc3ccc(C(=O)c4ccc(F)cc4)cc3)c(Oc3ccc(Cl)cc3)c2)cc1. The number of halogens is 3. The van der Waals surface area contributed by atoms with Crippen molar-refractivity contribution in [3.63, 3.8) is 0 Å². The molecule has 5 nitrogen and oxygen atoms in total. The van der Waals surface area contributed by atoms with Crippen LogP contribution in [0.15, 0.2) is 140 Å². The summed E-state index contributed by atoms with van der Waals surface area (Å²) in [5.74, 6) is 1.28. The summed E-state index contributed by atoms with van der Waals surface area (Å²) < 4.78 is 44.8. The number of benzene rings is 6. The molecule has 0 unspecified atom stereocenters. The summed E-state index contributed by atoms with van der Waals surface area (Å²) in [5, 5.41) is 0.553. The second kappa shape index (κ2) is 13.5. The summed E-state index contributed by atoms with van der Waals surface area (Å²) in [7, 11) is 0. The molecule has 0 bridgehead atoms. The van der Waals surface area contributed by atoms with Gasteiger partial charge in [-0.25, -0.2) is 8.78 Å². The van der Waals surface area contributed by atoms with E-state index in [9.17, 15) is 18.4 Å². The summed E-state index contributed by atoms with van der Waals surface area (Å²) in [6, 6.07) is 35.8. The summed E-state index contributed by atoms with van der Waals surface area (Å²) in [4.78, 5) is 25.5. The number of hydrogen-bond donors (Lipinski definition) is 0. The third kappa shape index (κ3) is 7.29. The van der Waals surface area contributed by atoms with Gasteiger partial charge in [0.2, 0.25) is 0 Å². The highest BCUT2D eigenvalue weighted by Crippen LogP contribution is 2.39. The minimum atomic E-state index is -0.416. The fourth-order valence-corrected chi connectivity index (χ4v) is 4.62. The summed E-state index contributed by atoms with van der Waals surface area (Å²) in [5.41, 5.74) is 1.60. The van der Waals surface area contributed by atoms with Gasteiger partial charge in [-0.05, 0) is 133 Å². The Morgan fingerprint density at radius 1 is 0.413 bits per heavy atom. The highest BCUT2D eigenvalue weighted by molar-refractivity contribution is 6.30. The van der Waals surface area contributed by atoms with Crippen LogP contribution in [0.5, 0.6) is 34.5 Å². The lowest BCUT2D eigenvalue weighted by Gasteiger charge is -2.15. The van der Waals surface area contributed by atoms with Crippen molar-refractivity contribution in [1.82, 2.24) is 0 Å². The number of carbonyl (C=O) groups is 2. The van der Waals surface area contributed by atoms with E-state index in [-0.39, 0.29) is 11.6 Å². The topological polar surface area (TPSA) is 61.8 Å². The van der Waals surface area contributed by atoms with Crippen LogP contribution >= 0.6 is 11.6 Å². The molecule has 0 aliphatic rings. The molecule has 226 valence electrons. The van der Waals surface area contributed by atoms with Crippen LogP contribution < -0.4 is 14.2 Å². The van der Waals surface area contributed by atoms with E-state index in [2.05, 4.69) is 0 Å². The second-order valence-electron chi connectivity index (χ2n) is 10.1. The van der Waals surface area contributed by atoms with E-state index in [1.54, 1.807) is 91.0 Å². The van der Waals surface area contributed by atoms with Crippen molar-refractivity contribution in [2.24, 2.45) is 0 Å². The predicted octanol–water partition coefficient (Wildman–Crippen LogP) is 10.5. The molecule has 0 amide bonds. The van der Waals surface area contributed by atoms with Gasteiger partial charge in [0.25, 0.3) is 0 Å². The molecule has 0 aliphatic heterocycles. The summed E-state index contributed by atoms with van der Waals surface area (Å²) in [6.45, 7) is 0. The van der Waals surface area contributed by atoms with Crippen molar-refractivity contribution in [3.8, 4) is 34.5 Å². The molecule has 8 heteroatoms. The molecule has 0 aromatic heterocycles. The molecule has 0 atom stereocenters. The van der Waals surface area contributed by atoms with Crippen LogP contribution in [-0.2, 0) is 0 Å². The largest absolute Gasteiger partial charge is 0.457 e. The lowest BCUT2D eigenvalue weighted by Crippen LogP contribution is -2.01. The fourth-order valence-electron chi connectivity index (χ4n) is 4.49. The monoisotopic (exact) mass is 632 g/mol. The first-order chi connectivity index (χ1) is 22.3. The third-order valence-electron chi connectivity index (χ3n) is 6.87. The molecule has 0 radical (unpaired) electrons. The van der Waals surface area contributed by atoms with Gasteiger partial charge in [-0.15, -0.1) is 0 Å². The molecule has 6 aromatic carbocycles. The van der Waals surface area contributed by atoms with Crippen molar-refractivity contribution in [1.29, 1.82) is 0 Å². The van der Waals surface area contributed by atoms with E-state index in [1.165, 1.54) is 48.5 Å². The quantitative estimate of drug-likeness (QED) is 0.141. The fraction of sp³-hybridized carbons (Fsp3) is 0. The molecule has 0 saturated carbocycles. The van der Waals surface area contributed by atoms with Crippen molar-refractivity contribution in [2.45, 2.75) is 0 Å². The minimum absolute atomic E-state index is 0.237. The Morgan fingerprint density at radius 3 is 1.22 bits per heavy atom. The Bertz CT molecular complexity index is 1990. The highest BCUT2D eigenvalue weighted by atomic mass is 35.5. The van der Waals surface area contributed by atoms with Crippen LogP contribution in [-0.4, -0.2) is 11.6 Å². The molecule has 0 spiro atoms. The Kier molecular flexibility index (Phi) is 8.85. The Morgan fingerprint density at radius 2 is 0.761 bits per heavy atom. The van der Waals surface area contributed by atoms with Gasteiger partial charge < -0.3 is 14.2 Å². The molecular weight excluding hydrogens is 610 g/mol. The molecule has 46 heavy (non-hydrogen) atoms. The van der Waals surface area contributed by atoms with Gasteiger partial charge in [0, 0.05) is 33.3 Å². The maximum absolute atomic E-state index is 13.3. The molecule has 0 N–H and O–H groups in total. The maximum Gasteiger partial charge on any atom is 0.193 e. The van der Waals surface area contributed by atoms with E-state index in [0.717, 1.165) is 0 Å². The van der Waals surface area contributed by atoms with Gasteiger partial charge in [-0.1, -0.05) is 11.6 Å². The van der Waals surface area contributed by atoms with E-state index < -0.39 is 11.6 Å². The molecule has 6 rings (SSSR count). The highest BCUT2D eigenvalue weighted by Gasteiger charge is 2.14. The van der Waals surface area contributed by atoms with Crippen LogP contribution in [0, 0.1) is 11.6 Å². The molecule has 0 heterocycles. The lowest BCUT2D eigenvalue weighted by atomic mass is 10.0. The molecule has 6 aromatic rings. The lowest BCUT2D eigenvalue weighted by molar-refractivity contribution is 0.103. The van der Waals surface area contributed by atoms with Crippen LogP contribution in [0.2, 0.25) is 5.02 Å². The minimum Gasteiger partial charge on any atom is -0.457 e. The van der Waals surface area contributed by atoms with E-state index >= 15 is 0 Å². The number of hydrogen-bond acceptors (Lipinski definition) is 5. The Labute approximate surface area is 268 Å². The zero-order valence-corrected chi connectivity index (χ0v) is 24.7. The van der Waals surface area contributed by atoms with E-state index in [1.807, 2.05) is 0 Å². The van der Waals surface area contributed by atoms with Crippen LogP contribution in [0.1, 0.15) is 31.8 Å². The number of carbonyl (C=O) groups excluding carboxylic acids is 2. The van der Waals surface area contributed by atoms with E-state index in [0.29, 0.717) is 61.8 Å². The summed E-state index contributed by atoms with van der Waals surface area (Å²) >= 11 is 6.04. The van der Waals surface area contributed by atoms with Gasteiger partial charge in [0.05, 0.1) is 0 Å². The van der Waals surface area contributed by atoms with Gasteiger partial charge in [0.1, 0.15) is 34.6 Å². The van der Waals surface area contributed by atoms with Gasteiger partial charge in [-0.3, -0.25) is 9.59 Å². The zero-order valence-electron chi connectivity index (χ0n) is 24.0. The number of ketones is 2. The van der Waals surface area contributed by atoms with Gasteiger partial charge in [0.15, 0.2) is 23.1 Å². The molecule has 0 saturated heterocycles. The maximum atomic E-state index is 13.3. The van der Waals surface area contributed by atoms with Gasteiger partial charge in [-0.2, -0.15) is 0 Å². The average Bonchev–Trinajstić information content (AvgIpc) is 3.08. The normalized spacial score (nSPS) is 10.7. The number of ether oxygens (including phenoxy) is 3. The van der Waals surface area contributed by atoms with Gasteiger partial charge >= 0.3 is 0 Å². The van der Waals surface area contributed by atoms with Crippen molar-refractivity contribution < 1.29 is 32.6 Å². The third-order valence-corrected chi connectivity index (χ3v) is 7.12. The van der Waals surface area contributed by atoms with Crippen LogP contribution in [0.25, 0.3) is 0 Å². The van der Waals surface area contributed by atoms with Crippen LogP contribution in [0.4, 0.5) is 8.78 Å². The average molecular weight is 633 g/mol. The first-order valence-electron chi connectivity index (χ1n) is 14.0. The van der Waals surface area contributed by atoms with Crippen LogP contribution in [0.3, 0.4) is 0 Å². The number of rotatable bonds is 10. The first kappa shape index (κ1) is 30.2. The molecule has 0 fully saturated rings. The summed E-state index contributed by atoms with van der Waals surface area (Å²) in [6.07, 6.45) is 0. The molecular formula is C38H23ClF2O5. The second-order valence-corrected chi connectivity index (χ2v) is 10.5. The standard InChI is InChI=1S/C38H23ClF2O5/c39-28-9-19-33(20-10-28)46-36-23-34(44-31-15-5-26(6-16-31)37(42)24-1-11-29(40)12-2-24)21-22-35(36)45-32-17-7-27(8-18-32)38(43)25-3-13-30(41)14-4-25/h1-23H. The van der Waals surface area contributed by atoms with Crippen molar-refractivity contribution in [3.05, 3.63) is 178 Å². The zero-order chi connectivity index (χ0) is 32.0. The first-order valence-corrected chi connectivity index (χ1v) is 14.4. The Hall–Kier alpha value is -5.79. The smallest absolute Gasteiger partial charge is 0.193 e. The Balaban J connectivity index is 1.21.